The SMILES string of the molecule is COc1ccc2c(Br)c(C(F)(F)F)n(C)c2c1. The molecule has 92 valence electrons. The van der Waals surface area contributed by atoms with Crippen LogP contribution in [0, 0.1) is 0 Å². The van der Waals surface area contributed by atoms with E-state index in [1.165, 1.54) is 14.2 Å². The Morgan fingerprint density at radius 3 is 2.47 bits per heavy atom. The molecule has 0 saturated carbocycles. The summed E-state index contributed by atoms with van der Waals surface area (Å²) in [5.41, 5.74) is -0.218. The van der Waals surface area contributed by atoms with Crippen LogP contribution in [0.4, 0.5) is 13.2 Å². The number of fused-ring (bicyclic) bond motifs is 1. The van der Waals surface area contributed by atoms with Gasteiger partial charge in [-0.2, -0.15) is 13.2 Å². The van der Waals surface area contributed by atoms with Gasteiger partial charge in [-0.05, 0) is 28.1 Å². The molecule has 0 radical (unpaired) electrons. The number of aromatic nitrogens is 1. The molecule has 1 aromatic heterocycles. The number of alkyl halides is 3. The van der Waals surface area contributed by atoms with Crippen molar-refractivity contribution < 1.29 is 17.9 Å². The summed E-state index contributed by atoms with van der Waals surface area (Å²) < 4.78 is 44.7. The third-order valence-corrected chi connectivity index (χ3v) is 3.42. The average Bonchev–Trinajstić information content (AvgIpc) is 2.50. The molecule has 0 fully saturated rings. The highest BCUT2D eigenvalue weighted by Gasteiger charge is 2.37. The zero-order chi connectivity index (χ0) is 12.8. The number of hydrogen-bond donors (Lipinski definition) is 0. The highest BCUT2D eigenvalue weighted by atomic mass is 79.9. The topological polar surface area (TPSA) is 14.2 Å². The minimum atomic E-state index is -4.39. The van der Waals surface area contributed by atoms with Crippen LogP contribution in [0.3, 0.4) is 0 Å². The summed E-state index contributed by atoms with van der Waals surface area (Å²) in [7, 11) is 2.86. The Morgan fingerprint density at radius 2 is 1.94 bits per heavy atom. The number of hydrogen-bond acceptors (Lipinski definition) is 1. The molecule has 2 nitrogen and oxygen atoms in total. The first-order valence-corrected chi connectivity index (χ1v) is 5.54. The maximum absolute atomic E-state index is 12.8. The molecule has 1 heterocycles. The second kappa shape index (κ2) is 3.94. The van der Waals surface area contributed by atoms with Gasteiger partial charge >= 0.3 is 6.18 Å². The number of ether oxygens (including phenoxy) is 1. The molecule has 0 unspecified atom stereocenters. The van der Waals surface area contributed by atoms with Gasteiger partial charge in [0, 0.05) is 18.5 Å². The Kier molecular flexibility index (Phi) is 2.85. The van der Waals surface area contributed by atoms with Gasteiger partial charge in [0.2, 0.25) is 0 Å². The minimum absolute atomic E-state index is 0.0603. The fraction of sp³-hybridized carbons (Fsp3) is 0.273. The van der Waals surface area contributed by atoms with Crippen LogP contribution >= 0.6 is 15.9 Å². The van der Waals surface area contributed by atoms with Crippen LogP contribution in [-0.2, 0) is 13.2 Å². The van der Waals surface area contributed by atoms with E-state index in [1.807, 2.05) is 0 Å². The molecular weight excluding hydrogens is 299 g/mol. The summed E-state index contributed by atoms with van der Waals surface area (Å²) in [6.45, 7) is 0. The smallest absolute Gasteiger partial charge is 0.432 e. The molecule has 1 aromatic carbocycles. The second-order valence-corrected chi connectivity index (χ2v) is 4.40. The first-order valence-electron chi connectivity index (χ1n) is 4.75. The van der Waals surface area contributed by atoms with Crippen LogP contribution in [0.5, 0.6) is 5.75 Å². The summed E-state index contributed by atoms with van der Waals surface area (Å²) in [6, 6.07) is 4.82. The quantitative estimate of drug-likeness (QED) is 0.777. The Morgan fingerprint density at radius 1 is 1.29 bits per heavy atom. The zero-order valence-corrected chi connectivity index (χ0v) is 10.7. The van der Waals surface area contributed by atoms with Gasteiger partial charge in [-0.25, -0.2) is 0 Å². The molecule has 2 rings (SSSR count). The molecule has 0 spiro atoms. The van der Waals surface area contributed by atoms with Gasteiger partial charge in [-0.1, -0.05) is 0 Å². The van der Waals surface area contributed by atoms with Crippen molar-refractivity contribution in [2.45, 2.75) is 6.18 Å². The molecule has 0 aliphatic heterocycles. The number of halogens is 4. The molecule has 0 N–H and O–H groups in total. The maximum Gasteiger partial charge on any atom is 0.432 e. The molecule has 0 saturated heterocycles. The van der Waals surface area contributed by atoms with Gasteiger partial charge in [0.1, 0.15) is 11.4 Å². The summed E-state index contributed by atoms with van der Waals surface area (Å²) >= 11 is 3.00. The van der Waals surface area contributed by atoms with Crippen molar-refractivity contribution in [2.75, 3.05) is 7.11 Å². The highest BCUT2D eigenvalue weighted by Crippen LogP contribution is 2.41. The standard InChI is InChI=1S/C11H9BrF3NO/c1-16-8-5-6(17-2)3-4-7(8)9(12)10(16)11(13,14)15/h3-5H,1-2H3. The molecule has 0 bridgehead atoms. The Balaban J connectivity index is 2.81. The van der Waals surface area contributed by atoms with E-state index in [0.29, 0.717) is 16.7 Å². The van der Waals surface area contributed by atoms with E-state index in [2.05, 4.69) is 15.9 Å². The molecule has 0 aliphatic carbocycles. The largest absolute Gasteiger partial charge is 0.497 e. The predicted molar refractivity (Wildman–Crippen MR) is 62.2 cm³/mol. The van der Waals surface area contributed by atoms with Crippen molar-refractivity contribution >= 4 is 26.8 Å². The Labute approximate surface area is 104 Å². The predicted octanol–water partition coefficient (Wildman–Crippen LogP) is 3.97. The average molecular weight is 308 g/mol. The number of nitrogens with zero attached hydrogens (tertiary/aromatic N) is 1. The van der Waals surface area contributed by atoms with Gasteiger partial charge in [0.15, 0.2) is 0 Å². The fourth-order valence-electron chi connectivity index (χ4n) is 1.81. The highest BCUT2D eigenvalue weighted by molar-refractivity contribution is 9.10. The second-order valence-electron chi connectivity index (χ2n) is 3.60. The fourth-order valence-corrected chi connectivity index (χ4v) is 2.64. The van der Waals surface area contributed by atoms with E-state index >= 15 is 0 Å². The van der Waals surface area contributed by atoms with E-state index in [4.69, 9.17) is 4.74 Å². The maximum atomic E-state index is 12.8. The number of aryl methyl sites for hydroxylation is 1. The van der Waals surface area contributed by atoms with Crippen molar-refractivity contribution in [3.63, 3.8) is 0 Å². The summed E-state index contributed by atoms with van der Waals surface area (Å²) in [5.74, 6) is 0.527. The van der Waals surface area contributed by atoms with Crippen molar-refractivity contribution in [2.24, 2.45) is 7.05 Å². The Hall–Kier alpha value is -1.17. The third-order valence-electron chi connectivity index (χ3n) is 2.61. The van der Waals surface area contributed by atoms with E-state index in [0.717, 1.165) is 4.57 Å². The molecule has 0 amide bonds. The van der Waals surface area contributed by atoms with Gasteiger partial charge in [0.05, 0.1) is 17.1 Å². The number of benzene rings is 1. The normalized spacial score (nSPS) is 12.1. The van der Waals surface area contributed by atoms with E-state index < -0.39 is 11.9 Å². The summed E-state index contributed by atoms with van der Waals surface area (Å²) in [4.78, 5) is 0. The van der Waals surface area contributed by atoms with Crippen molar-refractivity contribution in [3.05, 3.63) is 28.4 Å². The molecule has 0 aliphatic rings. The first-order chi connectivity index (χ1) is 7.86. The molecule has 6 heteroatoms. The molecule has 0 atom stereocenters. The molecule has 17 heavy (non-hydrogen) atoms. The van der Waals surface area contributed by atoms with Crippen LogP contribution in [-0.4, -0.2) is 11.7 Å². The van der Waals surface area contributed by atoms with E-state index in [9.17, 15) is 13.2 Å². The number of rotatable bonds is 1. The van der Waals surface area contributed by atoms with Crippen LogP contribution in [0.1, 0.15) is 5.69 Å². The first kappa shape index (κ1) is 12.3. The van der Waals surface area contributed by atoms with Gasteiger partial charge < -0.3 is 9.30 Å². The van der Waals surface area contributed by atoms with Gasteiger partial charge in [0.25, 0.3) is 0 Å². The number of methoxy groups -OCH3 is 1. The lowest BCUT2D eigenvalue weighted by atomic mass is 10.2. The lowest BCUT2D eigenvalue weighted by Crippen LogP contribution is -2.11. The van der Waals surface area contributed by atoms with E-state index in [-0.39, 0.29) is 4.47 Å². The summed E-state index contributed by atoms with van der Waals surface area (Å²) in [6.07, 6.45) is -4.39. The van der Waals surface area contributed by atoms with Crippen LogP contribution in [0.15, 0.2) is 22.7 Å². The van der Waals surface area contributed by atoms with Crippen LogP contribution in [0.25, 0.3) is 10.9 Å². The van der Waals surface area contributed by atoms with Crippen LogP contribution in [0.2, 0.25) is 0 Å². The minimum Gasteiger partial charge on any atom is -0.497 e. The summed E-state index contributed by atoms with van der Waals surface area (Å²) in [5, 5.41) is 0.514. The van der Waals surface area contributed by atoms with Crippen LogP contribution < -0.4 is 4.74 Å². The zero-order valence-electron chi connectivity index (χ0n) is 9.10. The Bertz CT molecular complexity index is 574. The monoisotopic (exact) mass is 307 g/mol. The van der Waals surface area contributed by atoms with Gasteiger partial charge in [-0.3, -0.25) is 0 Å². The van der Waals surface area contributed by atoms with Gasteiger partial charge in [-0.15, -0.1) is 0 Å². The lowest BCUT2D eigenvalue weighted by molar-refractivity contribution is -0.143. The van der Waals surface area contributed by atoms with E-state index in [1.54, 1.807) is 18.2 Å². The van der Waals surface area contributed by atoms with Crippen molar-refractivity contribution in [1.82, 2.24) is 4.57 Å². The molecule has 2 aromatic rings. The third kappa shape index (κ3) is 1.90. The van der Waals surface area contributed by atoms with Crippen molar-refractivity contribution in [1.29, 1.82) is 0 Å². The molecular formula is C11H9BrF3NO. The van der Waals surface area contributed by atoms with Crippen molar-refractivity contribution in [3.8, 4) is 5.75 Å². The lowest BCUT2D eigenvalue weighted by Gasteiger charge is -2.08.